The van der Waals surface area contributed by atoms with Crippen molar-refractivity contribution in [1.29, 1.82) is 0 Å². The normalized spacial score (nSPS) is 10.9. The number of pyridine rings is 1. The number of carboxylic acids is 1. The molecule has 0 aliphatic rings. The van der Waals surface area contributed by atoms with Crippen LogP contribution in [0.4, 0.5) is 10.6 Å². The van der Waals surface area contributed by atoms with Gasteiger partial charge in [0.15, 0.2) is 0 Å². The fourth-order valence-corrected chi connectivity index (χ4v) is 1.73. The molecule has 0 spiro atoms. The smallest absolute Gasteiger partial charge is 0.407 e. The molecule has 116 valence electrons. The number of carbonyl (C=O) groups excluding carboxylic acids is 1. The fourth-order valence-electron chi connectivity index (χ4n) is 1.40. The van der Waals surface area contributed by atoms with Gasteiger partial charge in [-0.05, 0) is 42.8 Å². The van der Waals surface area contributed by atoms with E-state index in [4.69, 9.17) is 9.84 Å². The number of hydrogen-bond acceptors (Lipinski definition) is 5. The zero-order chi connectivity index (χ0) is 16.0. The van der Waals surface area contributed by atoms with Crippen LogP contribution in [0, 0.1) is 0 Å². The molecule has 0 aliphatic carbocycles. The number of nitrogens with zero attached hydrogens (tertiary/aromatic N) is 1. The van der Waals surface area contributed by atoms with Crippen LogP contribution < -0.4 is 10.6 Å². The van der Waals surface area contributed by atoms with Crippen LogP contribution in [0.15, 0.2) is 16.7 Å². The van der Waals surface area contributed by atoms with Gasteiger partial charge in [0.2, 0.25) is 0 Å². The lowest BCUT2D eigenvalue weighted by Gasteiger charge is -2.19. The van der Waals surface area contributed by atoms with Gasteiger partial charge in [0, 0.05) is 23.8 Å². The predicted octanol–water partition coefficient (Wildman–Crippen LogP) is 2.48. The number of amides is 1. The molecule has 3 N–H and O–H groups in total. The summed E-state index contributed by atoms with van der Waals surface area (Å²) in [5.74, 6) is -0.830. The fraction of sp³-hybridized carbons (Fsp3) is 0.462. The van der Waals surface area contributed by atoms with Gasteiger partial charge in [-0.2, -0.15) is 0 Å². The summed E-state index contributed by atoms with van der Waals surface area (Å²) in [4.78, 5) is 26.5. The van der Waals surface area contributed by atoms with E-state index >= 15 is 0 Å². The van der Waals surface area contributed by atoms with Crippen LogP contribution in [0.3, 0.4) is 0 Å². The number of ether oxygens (including phenoxy) is 1. The van der Waals surface area contributed by atoms with E-state index in [0.717, 1.165) is 0 Å². The molecule has 0 bridgehead atoms. The molecule has 0 saturated carbocycles. The number of carboxylic acid groups (broad SMARTS) is 1. The van der Waals surface area contributed by atoms with E-state index in [1.54, 1.807) is 20.8 Å². The van der Waals surface area contributed by atoms with E-state index in [9.17, 15) is 9.59 Å². The zero-order valence-electron chi connectivity index (χ0n) is 12.1. The Labute approximate surface area is 131 Å². The summed E-state index contributed by atoms with van der Waals surface area (Å²) in [7, 11) is 0. The molecule has 0 fully saturated rings. The highest BCUT2D eigenvalue weighted by Crippen LogP contribution is 2.17. The lowest BCUT2D eigenvalue weighted by molar-refractivity contribution is 0.0529. The molecule has 0 aromatic carbocycles. The number of aromatic carboxylic acids is 1. The number of halogens is 1. The second-order valence-electron chi connectivity index (χ2n) is 5.21. The molecule has 0 radical (unpaired) electrons. The van der Waals surface area contributed by atoms with Gasteiger partial charge in [0.25, 0.3) is 0 Å². The standard InChI is InChI=1S/C13H18BrN3O4/c1-13(2,3)21-12(20)16-5-4-15-10-9(11(18)19)6-8(14)7-17-10/h6-7H,4-5H2,1-3H3,(H,15,17)(H,16,20)(H,18,19). The molecule has 0 aliphatic heterocycles. The molecule has 0 unspecified atom stereocenters. The molecule has 8 heteroatoms. The zero-order valence-corrected chi connectivity index (χ0v) is 13.7. The lowest BCUT2D eigenvalue weighted by atomic mass is 10.2. The predicted molar refractivity (Wildman–Crippen MR) is 81.6 cm³/mol. The molecule has 1 heterocycles. The van der Waals surface area contributed by atoms with Crippen molar-refractivity contribution in [3.63, 3.8) is 0 Å². The van der Waals surface area contributed by atoms with Crippen molar-refractivity contribution in [2.24, 2.45) is 0 Å². The van der Waals surface area contributed by atoms with Gasteiger partial charge in [0.05, 0.1) is 0 Å². The van der Waals surface area contributed by atoms with E-state index in [1.807, 2.05) is 0 Å². The number of rotatable bonds is 5. The first-order chi connectivity index (χ1) is 9.69. The van der Waals surface area contributed by atoms with Crippen molar-refractivity contribution >= 4 is 33.8 Å². The van der Waals surface area contributed by atoms with Crippen LogP contribution in [0.5, 0.6) is 0 Å². The highest BCUT2D eigenvalue weighted by molar-refractivity contribution is 9.10. The van der Waals surface area contributed by atoms with Crippen LogP contribution in [-0.2, 0) is 4.74 Å². The van der Waals surface area contributed by atoms with Crippen LogP contribution >= 0.6 is 15.9 Å². The van der Waals surface area contributed by atoms with E-state index in [-0.39, 0.29) is 17.9 Å². The molecule has 0 atom stereocenters. The Morgan fingerprint density at radius 2 is 2.05 bits per heavy atom. The van der Waals surface area contributed by atoms with Gasteiger partial charge in [-0.25, -0.2) is 14.6 Å². The largest absolute Gasteiger partial charge is 0.478 e. The first-order valence-corrected chi connectivity index (χ1v) is 7.08. The van der Waals surface area contributed by atoms with E-state index in [2.05, 4.69) is 31.5 Å². The average molecular weight is 360 g/mol. The van der Waals surface area contributed by atoms with Crippen molar-refractivity contribution in [2.45, 2.75) is 26.4 Å². The summed E-state index contributed by atoms with van der Waals surface area (Å²) >= 11 is 3.17. The topological polar surface area (TPSA) is 101 Å². The third-order valence-corrected chi connectivity index (χ3v) is 2.60. The molecule has 7 nitrogen and oxygen atoms in total. The number of nitrogens with one attached hydrogen (secondary N) is 2. The van der Waals surface area contributed by atoms with Crippen LogP contribution in [-0.4, -0.2) is 40.8 Å². The lowest BCUT2D eigenvalue weighted by Crippen LogP contribution is -2.35. The summed E-state index contributed by atoms with van der Waals surface area (Å²) in [5, 5.41) is 14.5. The Morgan fingerprint density at radius 3 is 2.62 bits per heavy atom. The Hall–Kier alpha value is -1.83. The third-order valence-electron chi connectivity index (χ3n) is 2.17. The van der Waals surface area contributed by atoms with Gasteiger partial charge in [-0.3, -0.25) is 0 Å². The summed E-state index contributed by atoms with van der Waals surface area (Å²) in [6.45, 7) is 5.93. The van der Waals surface area contributed by atoms with Crippen molar-refractivity contribution in [3.8, 4) is 0 Å². The maximum Gasteiger partial charge on any atom is 0.407 e. The van der Waals surface area contributed by atoms with Gasteiger partial charge in [-0.1, -0.05) is 0 Å². The Morgan fingerprint density at radius 1 is 1.38 bits per heavy atom. The minimum atomic E-state index is -1.08. The average Bonchev–Trinajstić information content (AvgIpc) is 2.33. The molecule has 1 aromatic heterocycles. The van der Waals surface area contributed by atoms with Gasteiger partial charge >= 0.3 is 12.1 Å². The summed E-state index contributed by atoms with van der Waals surface area (Å²) in [6.07, 6.45) is 0.974. The number of alkyl carbamates (subject to hydrolysis) is 1. The molecule has 1 aromatic rings. The van der Waals surface area contributed by atoms with Crippen LogP contribution in [0.25, 0.3) is 0 Å². The third kappa shape index (κ3) is 6.44. The first kappa shape index (κ1) is 17.2. The van der Waals surface area contributed by atoms with Crippen molar-refractivity contribution in [1.82, 2.24) is 10.3 Å². The van der Waals surface area contributed by atoms with Gasteiger partial charge < -0.3 is 20.5 Å². The highest BCUT2D eigenvalue weighted by Gasteiger charge is 2.16. The highest BCUT2D eigenvalue weighted by atomic mass is 79.9. The quantitative estimate of drug-likeness (QED) is 0.698. The summed E-state index contributed by atoms with van der Waals surface area (Å²) in [6, 6.07) is 1.46. The summed E-state index contributed by atoms with van der Waals surface area (Å²) in [5.41, 5.74) is -0.497. The Bertz CT molecular complexity index is 529. The molecule has 0 saturated heterocycles. The molecular formula is C13H18BrN3O4. The summed E-state index contributed by atoms with van der Waals surface area (Å²) < 4.78 is 5.65. The van der Waals surface area contributed by atoms with E-state index in [0.29, 0.717) is 11.0 Å². The number of anilines is 1. The van der Waals surface area contributed by atoms with Crippen molar-refractivity contribution in [3.05, 3.63) is 22.3 Å². The maximum atomic E-state index is 11.4. The Kier molecular flexibility index (Phi) is 5.95. The van der Waals surface area contributed by atoms with Gasteiger partial charge in [-0.15, -0.1) is 0 Å². The SMILES string of the molecule is CC(C)(C)OC(=O)NCCNc1ncc(Br)cc1C(=O)O. The second-order valence-corrected chi connectivity index (χ2v) is 6.13. The molecule has 1 amide bonds. The second kappa shape index (κ2) is 7.26. The van der Waals surface area contributed by atoms with Gasteiger partial charge in [0.1, 0.15) is 17.0 Å². The molecular weight excluding hydrogens is 342 g/mol. The first-order valence-electron chi connectivity index (χ1n) is 6.28. The molecule has 1 rings (SSSR count). The van der Waals surface area contributed by atoms with E-state index < -0.39 is 17.7 Å². The number of aromatic nitrogens is 1. The van der Waals surface area contributed by atoms with Crippen LogP contribution in [0.1, 0.15) is 31.1 Å². The Balaban J connectivity index is 2.47. The minimum Gasteiger partial charge on any atom is -0.478 e. The monoisotopic (exact) mass is 359 g/mol. The number of hydrogen-bond donors (Lipinski definition) is 3. The van der Waals surface area contributed by atoms with E-state index in [1.165, 1.54) is 12.3 Å². The minimum absolute atomic E-state index is 0.0571. The van der Waals surface area contributed by atoms with Crippen molar-refractivity contribution < 1.29 is 19.4 Å². The maximum absolute atomic E-state index is 11.4. The number of carbonyl (C=O) groups is 2. The molecule has 21 heavy (non-hydrogen) atoms. The van der Waals surface area contributed by atoms with Crippen molar-refractivity contribution in [2.75, 3.05) is 18.4 Å². The van der Waals surface area contributed by atoms with Crippen LogP contribution in [0.2, 0.25) is 0 Å².